The molecule has 4 nitrogen and oxygen atoms in total. The van der Waals surface area contributed by atoms with Crippen LogP contribution >= 0.6 is 0 Å². The first-order valence-electron chi connectivity index (χ1n) is 22.3. The van der Waals surface area contributed by atoms with Crippen molar-refractivity contribution in [2.45, 2.75) is 0 Å². The largest absolute Gasteiger partial charge is 0.309 e. The Morgan fingerprint density at radius 1 is 0.364 bits per heavy atom. The first kappa shape index (κ1) is 24.0. The number of hydrogen-bond donors (Lipinski definition) is 0. The van der Waals surface area contributed by atoms with Gasteiger partial charge in [-0.15, -0.1) is 0 Å². The van der Waals surface area contributed by atoms with Crippen molar-refractivity contribution in [3.63, 3.8) is 0 Å². The zero-order valence-corrected chi connectivity index (χ0v) is 29.2. The van der Waals surface area contributed by atoms with E-state index in [4.69, 9.17) is 27.3 Å². The Balaban J connectivity index is 1.14. The first-order chi connectivity index (χ1) is 31.0. The monoisotopic (exact) mass is 711 g/mol. The summed E-state index contributed by atoms with van der Waals surface area (Å²) in [4.78, 5) is 14.9. The Hall–Kier alpha value is -7.43. The maximum atomic E-state index is 9.16. The summed E-state index contributed by atoms with van der Waals surface area (Å²) in [6.45, 7) is 0. The number of hydrogen-bond acceptors (Lipinski definition) is 3. The molecule has 2 heterocycles. The molecule has 0 saturated heterocycles. The Labute approximate surface area is 332 Å². The molecular weight excluding hydrogens is 669 g/mol. The van der Waals surface area contributed by atoms with Gasteiger partial charge in [0.25, 0.3) is 0 Å². The van der Waals surface area contributed by atoms with Crippen LogP contribution < -0.4 is 0 Å². The summed E-state index contributed by atoms with van der Waals surface area (Å²) < 4.78 is 80.1. The van der Waals surface area contributed by atoms with Gasteiger partial charge >= 0.3 is 0 Å². The molecule has 0 amide bonds. The molecule has 0 atom stereocenters. The van der Waals surface area contributed by atoms with Crippen molar-refractivity contribution in [3.05, 3.63) is 206 Å². The maximum absolute atomic E-state index is 9.16. The summed E-state index contributed by atoms with van der Waals surface area (Å²) in [7, 11) is 0. The molecule has 0 aliphatic heterocycles. The molecule has 0 saturated carbocycles. The zero-order chi connectivity index (χ0) is 44.4. The quantitative estimate of drug-likeness (QED) is 0.165. The molecule has 8 aromatic carbocycles. The molecule has 4 heteroatoms. The summed E-state index contributed by atoms with van der Waals surface area (Å²) >= 11 is 0. The highest BCUT2D eigenvalue weighted by Gasteiger charge is 2.17. The highest BCUT2D eigenvalue weighted by atomic mass is 15.0. The van der Waals surface area contributed by atoms with E-state index in [0.717, 1.165) is 38.9 Å². The van der Waals surface area contributed by atoms with Gasteiger partial charge < -0.3 is 4.57 Å². The van der Waals surface area contributed by atoms with E-state index in [1.807, 2.05) is 109 Å². The van der Waals surface area contributed by atoms with Gasteiger partial charge in [-0.1, -0.05) is 182 Å². The van der Waals surface area contributed by atoms with Crippen molar-refractivity contribution in [2.75, 3.05) is 0 Å². The predicted molar refractivity (Wildman–Crippen MR) is 227 cm³/mol. The highest BCUT2D eigenvalue weighted by Crippen LogP contribution is 2.39. The predicted octanol–water partition coefficient (Wildman–Crippen LogP) is 13.0. The van der Waals surface area contributed by atoms with Gasteiger partial charge in [-0.3, -0.25) is 0 Å². The molecule has 258 valence electrons. The van der Waals surface area contributed by atoms with Gasteiger partial charge in [0.05, 0.1) is 23.4 Å². The minimum Gasteiger partial charge on any atom is -0.309 e. The second-order valence-electron chi connectivity index (χ2n) is 13.0. The molecule has 0 aliphatic carbocycles. The fourth-order valence-corrected chi connectivity index (χ4v) is 7.07. The minimum atomic E-state index is -0.525. The lowest BCUT2D eigenvalue weighted by molar-refractivity contribution is 1.07. The third-order valence-corrected chi connectivity index (χ3v) is 9.67. The van der Waals surface area contributed by atoms with Crippen molar-refractivity contribution in [1.82, 2.24) is 19.5 Å². The van der Waals surface area contributed by atoms with E-state index in [1.165, 1.54) is 0 Å². The molecule has 0 unspecified atom stereocenters. The molecule has 0 fully saturated rings. The van der Waals surface area contributed by atoms with Crippen LogP contribution in [0.15, 0.2) is 206 Å². The molecule has 55 heavy (non-hydrogen) atoms. The Bertz CT molecular complexity index is 3460. The molecule has 2 aromatic heterocycles. The smallest absolute Gasteiger partial charge is 0.164 e. The summed E-state index contributed by atoms with van der Waals surface area (Å²) in [5.74, 6) is 1.50. The second-order valence-corrected chi connectivity index (χ2v) is 13.0. The fourth-order valence-electron chi connectivity index (χ4n) is 7.07. The minimum absolute atomic E-state index is 0.0431. The molecule has 10 rings (SSSR count). The summed E-state index contributed by atoms with van der Waals surface area (Å²) in [6, 6.07) is 44.7. The number of para-hydroxylation sites is 2. The van der Waals surface area contributed by atoms with Gasteiger partial charge in [-0.05, 0) is 52.1 Å². The first-order valence-corrected chi connectivity index (χ1v) is 17.8. The van der Waals surface area contributed by atoms with Crippen LogP contribution in [0.2, 0.25) is 0 Å². The van der Waals surface area contributed by atoms with Crippen molar-refractivity contribution in [1.29, 1.82) is 0 Å². The van der Waals surface area contributed by atoms with Crippen LogP contribution in [0.25, 0.3) is 95.0 Å². The van der Waals surface area contributed by atoms with Gasteiger partial charge in [0.1, 0.15) is 0 Å². The third-order valence-electron chi connectivity index (χ3n) is 9.67. The van der Waals surface area contributed by atoms with E-state index in [1.54, 1.807) is 22.8 Å². The lowest BCUT2D eigenvalue weighted by Crippen LogP contribution is -2.00. The van der Waals surface area contributed by atoms with Crippen LogP contribution in [0.1, 0.15) is 12.3 Å². The summed E-state index contributed by atoms with van der Waals surface area (Å²) in [5.41, 5.74) is 7.49. The molecule has 0 spiro atoms. The number of aromatic nitrogens is 4. The highest BCUT2D eigenvalue weighted by molar-refractivity contribution is 6.13. The van der Waals surface area contributed by atoms with Crippen molar-refractivity contribution < 1.29 is 12.3 Å². The number of nitrogens with zero attached hydrogens (tertiary/aromatic N) is 4. The second kappa shape index (κ2) is 13.8. The molecule has 0 radical (unpaired) electrons. The fraction of sp³-hybridized carbons (Fsp3) is 0. The Morgan fingerprint density at radius 3 is 1.64 bits per heavy atom. The number of fused-ring (bicyclic) bond motifs is 3. The van der Waals surface area contributed by atoms with Crippen molar-refractivity contribution in [3.8, 4) is 73.2 Å². The van der Waals surface area contributed by atoms with E-state index in [0.29, 0.717) is 34.1 Å². The molecule has 0 N–H and O–H groups in total. The van der Waals surface area contributed by atoms with Gasteiger partial charge in [-0.25, -0.2) is 15.0 Å². The van der Waals surface area contributed by atoms with Gasteiger partial charge in [0.15, 0.2) is 17.5 Å². The van der Waals surface area contributed by atoms with Crippen molar-refractivity contribution in [2.24, 2.45) is 0 Å². The molecule has 0 bridgehead atoms. The van der Waals surface area contributed by atoms with Crippen LogP contribution in [-0.4, -0.2) is 19.5 Å². The normalized spacial score (nSPS) is 13.6. The lowest BCUT2D eigenvalue weighted by Gasteiger charge is -2.14. The van der Waals surface area contributed by atoms with Gasteiger partial charge in [0.2, 0.25) is 0 Å². The lowest BCUT2D eigenvalue weighted by atomic mass is 10.0. The standard InChI is InChI=1S/C51H34N4/c1-4-15-35(16-5-1)36-29-31-39(32-30-36)50-52-49(38-19-8-3-9-20-38)53-51(54-50)42-23-12-21-40(33-42)41-22-13-24-43(34-41)55-47-28-11-10-25-45(47)46-27-14-26-44(48(46)55)37-17-6-2-7-18-37/h1-34H/i2D,6D,7D,10D,11D,17D,18D,25D,28D. The van der Waals surface area contributed by atoms with E-state index in [9.17, 15) is 0 Å². The Kier molecular flexibility index (Phi) is 6.04. The maximum Gasteiger partial charge on any atom is 0.164 e. The van der Waals surface area contributed by atoms with Gasteiger partial charge in [0, 0.05) is 38.7 Å². The van der Waals surface area contributed by atoms with E-state index >= 15 is 0 Å². The molecule has 10 aromatic rings. The SMILES string of the molecule is [2H]c1c([2H])c([2H])c(-c2cccc3c4c([2H])c([2H])c([2H])c([2H])c4n(-c4cccc(-c5cccc(-c6nc(-c7ccccc7)nc(-c7ccc(-c8ccccc8)cc7)n6)c5)c4)c23)c([2H])c1[2H]. The van der Waals surface area contributed by atoms with Crippen LogP contribution in [0.4, 0.5) is 0 Å². The van der Waals surface area contributed by atoms with E-state index in [2.05, 4.69) is 24.3 Å². The summed E-state index contributed by atoms with van der Waals surface area (Å²) in [6.07, 6.45) is 0. The van der Waals surface area contributed by atoms with Crippen LogP contribution in [-0.2, 0) is 0 Å². The molecule has 0 aliphatic rings. The Morgan fingerprint density at radius 2 is 0.891 bits per heavy atom. The van der Waals surface area contributed by atoms with E-state index < -0.39 is 42.3 Å². The number of rotatable bonds is 7. The third kappa shape index (κ3) is 6.06. The van der Waals surface area contributed by atoms with Crippen LogP contribution in [0, 0.1) is 0 Å². The topological polar surface area (TPSA) is 43.6 Å². The summed E-state index contributed by atoms with van der Waals surface area (Å²) in [5, 5.41) is 0.686. The van der Waals surface area contributed by atoms with Crippen LogP contribution in [0.5, 0.6) is 0 Å². The van der Waals surface area contributed by atoms with Gasteiger partial charge in [-0.2, -0.15) is 0 Å². The van der Waals surface area contributed by atoms with Crippen molar-refractivity contribution >= 4 is 21.8 Å². The molecular formula is C51H34N4. The zero-order valence-electron chi connectivity index (χ0n) is 38.2. The average molecular weight is 712 g/mol. The number of benzene rings is 8. The average Bonchev–Trinajstić information content (AvgIpc) is 3.71. The van der Waals surface area contributed by atoms with Crippen LogP contribution in [0.3, 0.4) is 0 Å². The van der Waals surface area contributed by atoms with E-state index in [-0.39, 0.29) is 34.1 Å².